The standard InChI is InChI=1S/C47H29N5/c1-3-13-30(14-4-1)45-48-46(31-15-5-2-6-16-31)50-47(49-45)35-19-11-17-32(27-35)33-18-12-20-36(28-33)52-41-24-10-7-21-37(41)39-29-34-25-26-51-40-23-9-8-22-38(40)42(43(34)51)44(39)52/h1-29H. The van der Waals surface area contributed by atoms with Gasteiger partial charge in [0, 0.05) is 55.5 Å². The van der Waals surface area contributed by atoms with Crippen molar-refractivity contribution >= 4 is 49.0 Å². The Bertz CT molecular complexity index is 3060. The van der Waals surface area contributed by atoms with E-state index >= 15 is 0 Å². The Labute approximate surface area is 299 Å². The second kappa shape index (κ2) is 11.2. The van der Waals surface area contributed by atoms with Crippen LogP contribution in [-0.4, -0.2) is 23.9 Å². The number of rotatable bonds is 5. The van der Waals surface area contributed by atoms with Gasteiger partial charge in [0.15, 0.2) is 17.5 Å². The molecule has 0 N–H and O–H groups in total. The van der Waals surface area contributed by atoms with Gasteiger partial charge in [-0.2, -0.15) is 0 Å². The molecule has 0 unspecified atom stereocenters. The van der Waals surface area contributed by atoms with Crippen LogP contribution in [-0.2, 0) is 0 Å². The van der Waals surface area contributed by atoms with Crippen molar-refractivity contribution in [1.82, 2.24) is 23.9 Å². The van der Waals surface area contributed by atoms with Gasteiger partial charge in [-0.3, -0.25) is 0 Å². The molecule has 0 bridgehead atoms. The van der Waals surface area contributed by atoms with E-state index in [1.54, 1.807) is 0 Å². The monoisotopic (exact) mass is 663 g/mol. The molecular weight excluding hydrogens is 635 g/mol. The molecule has 0 spiro atoms. The lowest BCUT2D eigenvalue weighted by atomic mass is 10.0. The smallest absolute Gasteiger partial charge is 0.164 e. The number of aromatic nitrogens is 5. The minimum absolute atomic E-state index is 0.641. The van der Waals surface area contributed by atoms with E-state index in [9.17, 15) is 0 Å². The van der Waals surface area contributed by atoms with Crippen LogP contribution in [0.1, 0.15) is 0 Å². The van der Waals surface area contributed by atoms with Gasteiger partial charge in [0.1, 0.15) is 0 Å². The Hall–Kier alpha value is -7.11. The quantitative estimate of drug-likeness (QED) is 0.184. The van der Waals surface area contributed by atoms with Gasteiger partial charge in [-0.1, -0.05) is 127 Å². The maximum Gasteiger partial charge on any atom is 0.164 e. The summed E-state index contributed by atoms with van der Waals surface area (Å²) in [6.07, 6.45) is 2.21. The Morgan fingerprint density at radius 1 is 0.365 bits per heavy atom. The van der Waals surface area contributed by atoms with Crippen molar-refractivity contribution in [3.05, 3.63) is 176 Å². The zero-order chi connectivity index (χ0) is 34.2. The summed E-state index contributed by atoms with van der Waals surface area (Å²) < 4.78 is 4.80. The van der Waals surface area contributed by atoms with Gasteiger partial charge in [-0.25, -0.2) is 15.0 Å². The van der Waals surface area contributed by atoms with Crippen LogP contribution < -0.4 is 0 Å². The van der Waals surface area contributed by atoms with Crippen molar-refractivity contribution in [2.24, 2.45) is 0 Å². The second-order valence-corrected chi connectivity index (χ2v) is 13.3. The number of para-hydroxylation sites is 2. The molecule has 0 aliphatic rings. The van der Waals surface area contributed by atoms with Gasteiger partial charge >= 0.3 is 0 Å². The van der Waals surface area contributed by atoms with Crippen LogP contribution in [0.3, 0.4) is 0 Å². The number of hydrogen-bond donors (Lipinski definition) is 0. The van der Waals surface area contributed by atoms with Crippen molar-refractivity contribution < 1.29 is 0 Å². The fraction of sp³-hybridized carbons (Fsp3) is 0. The van der Waals surface area contributed by atoms with Crippen LogP contribution in [0.4, 0.5) is 0 Å². The van der Waals surface area contributed by atoms with Gasteiger partial charge in [0.2, 0.25) is 0 Å². The normalized spacial score (nSPS) is 11.8. The highest BCUT2D eigenvalue weighted by Crippen LogP contribution is 2.43. The third-order valence-corrected chi connectivity index (χ3v) is 10.3. The molecule has 0 saturated carbocycles. The summed E-state index contributed by atoms with van der Waals surface area (Å²) in [6, 6.07) is 59.8. The molecule has 0 saturated heterocycles. The molecule has 242 valence electrons. The van der Waals surface area contributed by atoms with Gasteiger partial charge in [0.05, 0.1) is 22.1 Å². The van der Waals surface area contributed by atoms with Crippen LogP contribution in [0, 0.1) is 0 Å². The fourth-order valence-electron chi connectivity index (χ4n) is 7.97. The summed E-state index contributed by atoms with van der Waals surface area (Å²) in [5.74, 6) is 1.94. The first-order chi connectivity index (χ1) is 25.8. The van der Waals surface area contributed by atoms with Gasteiger partial charge in [0.25, 0.3) is 0 Å². The first-order valence-electron chi connectivity index (χ1n) is 17.5. The molecule has 11 aromatic rings. The van der Waals surface area contributed by atoms with Crippen molar-refractivity contribution in [3.8, 4) is 51.0 Å². The van der Waals surface area contributed by atoms with Crippen LogP contribution >= 0.6 is 0 Å². The van der Waals surface area contributed by atoms with Crippen molar-refractivity contribution in [1.29, 1.82) is 0 Å². The molecule has 4 heterocycles. The molecule has 0 aliphatic carbocycles. The predicted molar refractivity (Wildman–Crippen MR) is 213 cm³/mol. The Balaban J connectivity index is 1.10. The van der Waals surface area contributed by atoms with Crippen molar-refractivity contribution in [3.63, 3.8) is 0 Å². The van der Waals surface area contributed by atoms with Crippen LogP contribution in [0.2, 0.25) is 0 Å². The zero-order valence-electron chi connectivity index (χ0n) is 28.0. The Kier molecular flexibility index (Phi) is 6.18. The molecule has 5 nitrogen and oxygen atoms in total. The largest absolute Gasteiger partial charge is 0.315 e. The van der Waals surface area contributed by atoms with Gasteiger partial charge in [-0.05, 0) is 53.6 Å². The zero-order valence-corrected chi connectivity index (χ0v) is 28.0. The molecule has 11 rings (SSSR count). The summed E-state index contributed by atoms with van der Waals surface area (Å²) in [7, 11) is 0. The second-order valence-electron chi connectivity index (χ2n) is 13.3. The lowest BCUT2D eigenvalue weighted by Crippen LogP contribution is -2.00. The lowest BCUT2D eigenvalue weighted by Gasteiger charge is -2.12. The molecular formula is C47H29N5. The maximum atomic E-state index is 5.00. The summed E-state index contributed by atoms with van der Waals surface area (Å²) in [4.78, 5) is 14.9. The van der Waals surface area contributed by atoms with Gasteiger partial charge in [-0.15, -0.1) is 0 Å². The highest BCUT2D eigenvalue weighted by molar-refractivity contribution is 6.30. The molecule has 4 aromatic heterocycles. The maximum absolute atomic E-state index is 5.00. The highest BCUT2D eigenvalue weighted by Gasteiger charge is 2.22. The molecule has 0 aliphatic heterocycles. The van der Waals surface area contributed by atoms with E-state index < -0.39 is 0 Å². The first kappa shape index (κ1) is 28.7. The Morgan fingerprint density at radius 2 is 0.923 bits per heavy atom. The van der Waals surface area contributed by atoms with Crippen LogP contribution in [0.25, 0.3) is 100.0 Å². The molecule has 0 radical (unpaired) electrons. The lowest BCUT2D eigenvalue weighted by molar-refractivity contribution is 1.07. The van der Waals surface area contributed by atoms with E-state index in [-0.39, 0.29) is 0 Å². The first-order valence-corrected chi connectivity index (χ1v) is 17.5. The predicted octanol–water partition coefficient (Wildman–Crippen LogP) is 11.6. The SMILES string of the molecule is c1ccc(-c2nc(-c3ccccc3)nc(-c3cccc(-c4cccc(-n5c6ccccc6c6cc7ccn8c9ccccc9c(c65)c78)c4)c3)n2)cc1. The molecule has 0 atom stereocenters. The van der Waals surface area contributed by atoms with Crippen LogP contribution in [0.15, 0.2) is 176 Å². The topological polar surface area (TPSA) is 48.0 Å². The Morgan fingerprint density at radius 3 is 1.65 bits per heavy atom. The van der Waals surface area contributed by atoms with E-state index in [0.29, 0.717) is 17.5 Å². The van der Waals surface area contributed by atoms with Crippen LogP contribution in [0.5, 0.6) is 0 Å². The van der Waals surface area contributed by atoms with E-state index in [1.165, 1.54) is 49.0 Å². The summed E-state index contributed by atoms with van der Waals surface area (Å²) >= 11 is 0. The minimum Gasteiger partial charge on any atom is -0.315 e. The molecule has 5 heteroatoms. The van der Waals surface area contributed by atoms with Crippen molar-refractivity contribution in [2.75, 3.05) is 0 Å². The molecule has 0 fully saturated rings. The number of benzene rings is 7. The molecule has 7 aromatic carbocycles. The number of fused-ring (bicyclic) bond motifs is 7. The van der Waals surface area contributed by atoms with E-state index in [2.05, 4.69) is 124 Å². The fourth-order valence-corrected chi connectivity index (χ4v) is 7.97. The highest BCUT2D eigenvalue weighted by atomic mass is 15.0. The average molecular weight is 664 g/mol. The third-order valence-electron chi connectivity index (χ3n) is 10.3. The van der Waals surface area contributed by atoms with Crippen molar-refractivity contribution in [2.45, 2.75) is 0 Å². The summed E-state index contributed by atoms with van der Waals surface area (Å²) in [5.41, 5.74) is 11.1. The third kappa shape index (κ3) is 4.33. The number of hydrogen-bond acceptors (Lipinski definition) is 3. The van der Waals surface area contributed by atoms with E-state index in [1.807, 2.05) is 60.7 Å². The molecule has 0 amide bonds. The van der Waals surface area contributed by atoms with E-state index in [0.717, 1.165) is 33.5 Å². The summed E-state index contributed by atoms with van der Waals surface area (Å²) in [6.45, 7) is 0. The minimum atomic E-state index is 0.641. The average Bonchev–Trinajstić information content (AvgIpc) is 3.90. The summed E-state index contributed by atoms with van der Waals surface area (Å²) in [5, 5.41) is 6.33. The molecule has 52 heavy (non-hydrogen) atoms. The number of nitrogens with zero attached hydrogens (tertiary/aromatic N) is 5. The van der Waals surface area contributed by atoms with Gasteiger partial charge < -0.3 is 8.97 Å². The van der Waals surface area contributed by atoms with E-state index in [4.69, 9.17) is 15.0 Å².